The lowest BCUT2D eigenvalue weighted by atomic mass is 9.92. The molecule has 0 aromatic carbocycles. The van der Waals surface area contributed by atoms with Gasteiger partial charge in [0.05, 0.1) is 6.26 Å². The Morgan fingerprint density at radius 3 is 2.79 bits per heavy atom. The third-order valence-corrected chi connectivity index (χ3v) is 2.58. The molecule has 2 heterocycles. The summed E-state index contributed by atoms with van der Waals surface area (Å²) in [6.45, 7) is 1.49. The number of amides is 1. The van der Waals surface area contributed by atoms with Gasteiger partial charge in [0, 0.05) is 18.8 Å². The van der Waals surface area contributed by atoms with Crippen LogP contribution in [0.1, 0.15) is 34.9 Å². The summed E-state index contributed by atoms with van der Waals surface area (Å²) in [5.41, 5.74) is 6.13. The Morgan fingerprint density at radius 2 is 2.14 bits per heavy atom. The van der Waals surface area contributed by atoms with Crippen LogP contribution in [0.15, 0.2) is 16.7 Å². The molecule has 0 spiro atoms. The third-order valence-electron chi connectivity index (χ3n) is 2.58. The van der Waals surface area contributed by atoms with Gasteiger partial charge in [-0.2, -0.15) is 0 Å². The van der Waals surface area contributed by atoms with E-state index < -0.39 is 5.91 Å². The predicted octanol–water partition coefficient (Wildman–Crippen LogP) is 1.27. The second-order valence-electron chi connectivity index (χ2n) is 3.46. The van der Waals surface area contributed by atoms with Crippen molar-refractivity contribution in [3.8, 4) is 0 Å². The number of rotatable bonds is 2. The molecule has 1 amide bonds. The average molecular weight is 195 g/mol. The maximum Gasteiger partial charge on any atom is 0.284 e. The van der Waals surface area contributed by atoms with Gasteiger partial charge >= 0.3 is 0 Å². The van der Waals surface area contributed by atoms with Crippen molar-refractivity contribution >= 4 is 5.91 Å². The summed E-state index contributed by atoms with van der Waals surface area (Å²) < 4.78 is 10.3. The van der Waals surface area contributed by atoms with Crippen LogP contribution < -0.4 is 5.73 Å². The highest BCUT2D eigenvalue weighted by atomic mass is 16.5. The van der Waals surface area contributed by atoms with Crippen LogP contribution in [0.5, 0.6) is 0 Å². The molecule has 1 aliphatic heterocycles. The third kappa shape index (κ3) is 1.65. The average Bonchev–Trinajstić information content (AvgIpc) is 2.67. The lowest BCUT2D eigenvalue weighted by Crippen LogP contribution is -2.18. The predicted molar refractivity (Wildman–Crippen MR) is 50.0 cm³/mol. The Bertz CT molecular complexity index is 326. The van der Waals surface area contributed by atoms with Gasteiger partial charge in [0.2, 0.25) is 0 Å². The van der Waals surface area contributed by atoms with Crippen molar-refractivity contribution in [3.05, 3.63) is 23.7 Å². The van der Waals surface area contributed by atoms with Crippen LogP contribution in [-0.4, -0.2) is 19.1 Å². The van der Waals surface area contributed by atoms with E-state index in [1.54, 1.807) is 0 Å². The molecule has 4 heteroatoms. The molecule has 76 valence electrons. The Morgan fingerprint density at radius 1 is 1.43 bits per heavy atom. The molecule has 1 aliphatic rings. The molecule has 0 bridgehead atoms. The second-order valence-corrected chi connectivity index (χ2v) is 3.46. The number of hydrogen-bond acceptors (Lipinski definition) is 3. The van der Waals surface area contributed by atoms with Gasteiger partial charge in [-0.15, -0.1) is 0 Å². The molecular formula is C10H13NO3. The first-order valence-corrected chi connectivity index (χ1v) is 4.74. The molecule has 1 saturated heterocycles. The first kappa shape index (κ1) is 9.27. The van der Waals surface area contributed by atoms with E-state index in [-0.39, 0.29) is 0 Å². The summed E-state index contributed by atoms with van der Waals surface area (Å²) in [5.74, 6) is 0.165. The van der Waals surface area contributed by atoms with Gasteiger partial charge in [-0.1, -0.05) is 0 Å². The van der Waals surface area contributed by atoms with E-state index >= 15 is 0 Å². The van der Waals surface area contributed by atoms with Crippen molar-refractivity contribution in [2.45, 2.75) is 18.8 Å². The number of carbonyl (C=O) groups is 1. The summed E-state index contributed by atoms with van der Waals surface area (Å²) in [6.07, 6.45) is 3.38. The van der Waals surface area contributed by atoms with Crippen LogP contribution in [0.25, 0.3) is 0 Å². The summed E-state index contributed by atoms with van der Waals surface area (Å²) in [4.78, 5) is 11.0. The standard InChI is InChI=1S/C10H13NO3/c11-10(12)9-8(3-6-14-9)7-1-4-13-5-2-7/h3,6-7H,1-2,4-5H2,(H2,11,12). The van der Waals surface area contributed by atoms with Crippen molar-refractivity contribution in [1.29, 1.82) is 0 Å². The van der Waals surface area contributed by atoms with Crippen LogP contribution in [0.4, 0.5) is 0 Å². The van der Waals surface area contributed by atoms with Gasteiger partial charge in [-0.05, 0) is 24.8 Å². The van der Waals surface area contributed by atoms with Crippen LogP contribution in [0, 0.1) is 0 Å². The summed E-state index contributed by atoms with van der Waals surface area (Å²) >= 11 is 0. The number of nitrogens with two attached hydrogens (primary N) is 1. The Hall–Kier alpha value is -1.29. The highest BCUT2D eigenvalue weighted by Crippen LogP contribution is 2.29. The minimum absolute atomic E-state index is 0.303. The molecule has 1 fully saturated rings. The van der Waals surface area contributed by atoms with Crippen molar-refractivity contribution in [2.75, 3.05) is 13.2 Å². The monoisotopic (exact) mass is 195 g/mol. The van der Waals surface area contributed by atoms with Gasteiger partial charge in [0.1, 0.15) is 0 Å². The molecule has 2 rings (SSSR count). The molecular weight excluding hydrogens is 182 g/mol. The molecule has 0 unspecified atom stereocenters. The van der Waals surface area contributed by atoms with Gasteiger partial charge in [0.15, 0.2) is 5.76 Å². The smallest absolute Gasteiger partial charge is 0.284 e. The molecule has 1 aromatic rings. The van der Waals surface area contributed by atoms with E-state index in [0.717, 1.165) is 31.6 Å². The highest BCUT2D eigenvalue weighted by Gasteiger charge is 2.22. The fourth-order valence-electron chi connectivity index (χ4n) is 1.85. The van der Waals surface area contributed by atoms with Gasteiger partial charge in [-0.25, -0.2) is 0 Å². The van der Waals surface area contributed by atoms with Crippen molar-refractivity contribution in [2.24, 2.45) is 5.73 Å². The van der Waals surface area contributed by atoms with Gasteiger partial charge in [-0.3, -0.25) is 4.79 Å². The summed E-state index contributed by atoms with van der Waals surface area (Å²) in [7, 11) is 0. The zero-order chi connectivity index (χ0) is 9.97. The number of furan rings is 1. The quantitative estimate of drug-likeness (QED) is 0.772. The van der Waals surface area contributed by atoms with Crippen LogP contribution >= 0.6 is 0 Å². The largest absolute Gasteiger partial charge is 0.459 e. The van der Waals surface area contributed by atoms with E-state index in [1.807, 2.05) is 6.07 Å². The van der Waals surface area contributed by atoms with Crippen molar-refractivity contribution in [1.82, 2.24) is 0 Å². The Labute approximate surface area is 82.0 Å². The van der Waals surface area contributed by atoms with E-state index in [2.05, 4.69) is 0 Å². The zero-order valence-electron chi connectivity index (χ0n) is 7.86. The van der Waals surface area contributed by atoms with Crippen LogP contribution in [0.3, 0.4) is 0 Å². The minimum Gasteiger partial charge on any atom is -0.459 e. The first-order chi connectivity index (χ1) is 6.79. The molecule has 0 aliphatic carbocycles. The fraction of sp³-hybridized carbons (Fsp3) is 0.500. The molecule has 1 aromatic heterocycles. The first-order valence-electron chi connectivity index (χ1n) is 4.74. The van der Waals surface area contributed by atoms with E-state index in [9.17, 15) is 4.79 Å². The Kier molecular flexibility index (Phi) is 2.54. The van der Waals surface area contributed by atoms with Crippen molar-refractivity contribution in [3.63, 3.8) is 0 Å². The number of ether oxygens (including phenoxy) is 1. The molecule has 0 atom stereocenters. The Balaban J connectivity index is 2.21. The number of carbonyl (C=O) groups excluding carboxylic acids is 1. The SMILES string of the molecule is NC(=O)c1occc1C1CCOCC1. The maximum atomic E-state index is 11.0. The minimum atomic E-state index is -0.489. The maximum absolute atomic E-state index is 11.0. The molecule has 2 N–H and O–H groups in total. The summed E-state index contributed by atoms with van der Waals surface area (Å²) in [5, 5.41) is 0. The van der Waals surface area contributed by atoms with Crippen LogP contribution in [0.2, 0.25) is 0 Å². The molecule has 4 nitrogen and oxygen atoms in total. The van der Waals surface area contributed by atoms with E-state index in [1.165, 1.54) is 6.26 Å². The second kappa shape index (κ2) is 3.84. The van der Waals surface area contributed by atoms with E-state index in [0.29, 0.717) is 11.7 Å². The van der Waals surface area contributed by atoms with Gasteiger partial charge in [0.25, 0.3) is 5.91 Å². The summed E-state index contributed by atoms with van der Waals surface area (Å²) in [6, 6.07) is 1.83. The topological polar surface area (TPSA) is 65.5 Å². The lowest BCUT2D eigenvalue weighted by molar-refractivity contribution is 0.0839. The van der Waals surface area contributed by atoms with Gasteiger partial charge < -0.3 is 14.9 Å². The molecule has 0 radical (unpaired) electrons. The zero-order valence-corrected chi connectivity index (χ0v) is 7.86. The molecule has 0 saturated carbocycles. The van der Waals surface area contributed by atoms with E-state index in [4.69, 9.17) is 14.9 Å². The number of primary amides is 1. The highest BCUT2D eigenvalue weighted by molar-refractivity contribution is 5.91. The van der Waals surface area contributed by atoms with Crippen LogP contribution in [-0.2, 0) is 4.74 Å². The fourth-order valence-corrected chi connectivity index (χ4v) is 1.85. The normalized spacial score (nSPS) is 18.3. The van der Waals surface area contributed by atoms with Crippen molar-refractivity contribution < 1.29 is 13.9 Å². The number of hydrogen-bond donors (Lipinski definition) is 1. The molecule has 14 heavy (non-hydrogen) atoms. The lowest BCUT2D eigenvalue weighted by Gasteiger charge is -2.21.